The van der Waals surface area contributed by atoms with Gasteiger partial charge >= 0.3 is 5.82 Å². The lowest BCUT2D eigenvalue weighted by atomic mass is 10.1. The van der Waals surface area contributed by atoms with Crippen LogP contribution < -0.4 is 0 Å². The van der Waals surface area contributed by atoms with Crippen LogP contribution in [-0.4, -0.2) is 57.0 Å². The molecule has 132 valence electrons. The minimum Gasteiger partial charge on any atom is -0.358 e. The number of nitrogens with zero attached hydrogens (tertiary/aromatic N) is 4. The van der Waals surface area contributed by atoms with Crippen LogP contribution in [0.2, 0.25) is 5.02 Å². The highest BCUT2D eigenvalue weighted by Gasteiger charge is 2.30. The van der Waals surface area contributed by atoms with E-state index in [-0.39, 0.29) is 16.6 Å². The first-order valence-corrected chi connectivity index (χ1v) is 8.29. The lowest BCUT2D eigenvalue weighted by molar-refractivity contribution is -0.389. The average Bonchev–Trinajstić information content (AvgIpc) is 2.97. The second-order valence-electron chi connectivity index (χ2n) is 6.05. The molecule has 0 atom stereocenters. The molecule has 0 spiro atoms. The number of H-pyrrole nitrogens is 1. The van der Waals surface area contributed by atoms with E-state index in [9.17, 15) is 14.9 Å². The largest absolute Gasteiger partial charge is 0.362 e. The van der Waals surface area contributed by atoms with Gasteiger partial charge in [0.2, 0.25) is 0 Å². The third-order valence-corrected chi connectivity index (χ3v) is 4.58. The summed E-state index contributed by atoms with van der Waals surface area (Å²) in [4.78, 5) is 26.5. The number of hydrogen-bond donors (Lipinski definition) is 1. The van der Waals surface area contributed by atoms with Gasteiger partial charge in [0.05, 0.1) is 0 Å². The highest BCUT2D eigenvalue weighted by molar-refractivity contribution is 6.35. The van der Waals surface area contributed by atoms with Crippen molar-refractivity contribution in [2.24, 2.45) is 0 Å². The van der Waals surface area contributed by atoms with Crippen molar-refractivity contribution in [3.05, 3.63) is 56.2 Å². The van der Waals surface area contributed by atoms with Crippen molar-refractivity contribution in [2.45, 2.75) is 13.5 Å². The van der Waals surface area contributed by atoms with Crippen molar-refractivity contribution in [2.75, 3.05) is 26.2 Å². The summed E-state index contributed by atoms with van der Waals surface area (Å²) in [5, 5.41) is 16.5. The predicted octanol–water partition coefficient (Wildman–Crippen LogP) is 2.24. The number of hydrogen-bond acceptors (Lipinski definition) is 5. The van der Waals surface area contributed by atoms with E-state index in [1.807, 2.05) is 6.07 Å². The van der Waals surface area contributed by atoms with Gasteiger partial charge < -0.3 is 15.0 Å². The Morgan fingerprint density at radius 1 is 1.36 bits per heavy atom. The Bertz CT molecular complexity index is 799. The predicted molar refractivity (Wildman–Crippen MR) is 92.6 cm³/mol. The molecule has 0 unspecified atom stereocenters. The van der Waals surface area contributed by atoms with Gasteiger partial charge in [-0.15, -0.1) is 5.10 Å². The molecule has 1 N–H and O–H groups in total. The molecule has 0 saturated carbocycles. The Morgan fingerprint density at radius 3 is 2.68 bits per heavy atom. The fraction of sp³-hybridized carbons (Fsp3) is 0.375. The molecule has 1 fully saturated rings. The molecule has 1 saturated heterocycles. The molecule has 0 radical (unpaired) electrons. The number of aromatic amines is 1. The summed E-state index contributed by atoms with van der Waals surface area (Å²) in [7, 11) is 0. The summed E-state index contributed by atoms with van der Waals surface area (Å²) in [6.45, 7) is 5.40. The number of rotatable bonds is 4. The molecule has 1 amide bonds. The number of nitro groups is 1. The summed E-state index contributed by atoms with van der Waals surface area (Å²) < 4.78 is 0. The number of carbonyl (C=O) groups excluding carboxylic acids is 1. The highest BCUT2D eigenvalue weighted by Crippen LogP contribution is 2.26. The van der Waals surface area contributed by atoms with Crippen molar-refractivity contribution < 1.29 is 9.72 Å². The minimum atomic E-state index is -0.689. The molecule has 25 heavy (non-hydrogen) atoms. The second kappa shape index (κ2) is 7.20. The maximum Gasteiger partial charge on any atom is 0.362 e. The molecular formula is C16H18ClN5O3. The number of amides is 1. The highest BCUT2D eigenvalue weighted by atomic mass is 35.5. The van der Waals surface area contributed by atoms with Crippen molar-refractivity contribution >= 4 is 23.3 Å². The monoisotopic (exact) mass is 363 g/mol. The number of nitrogens with one attached hydrogen (secondary N) is 1. The first-order chi connectivity index (χ1) is 12.0. The van der Waals surface area contributed by atoms with E-state index in [4.69, 9.17) is 11.6 Å². The number of halogens is 1. The van der Waals surface area contributed by atoms with Gasteiger partial charge in [0.25, 0.3) is 5.91 Å². The van der Waals surface area contributed by atoms with Crippen LogP contribution in [0.1, 0.15) is 21.6 Å². The molecule has 0 bridgehead atoms. The van der Waals surface area contributed by atoms with Crippen LogP contribution in [0.4, 0.5) is 5.82 Å². The van der Waals surface area contributed by atoms with E-state index in [0.29, 0.717) is 13.1 Å². The zero-order valence-electron chi connectivity index (χ0n) is 13.7. The molecule has 0 aliphatic carbocycles. The zero-order chi connectivity index (χ0) is 18.0. The van der Waals surface area contributed by atoms with Gasteiger partial charge in [-0.05, 0) is 17.4 Å². The smallest absolute Gasteiger partial charge is 0.358 e. The normalized spacial score (nSPS) is 15.4. The molecule has 3 rings (SSSR count). The summed E-state index contributed by atoms with van der Waals surface area (Å²) in [6, 6.07) is 8.34. The van der Waals surface area contributed by atoms with E-state index < -0.39 is 10.7 Å². The van der Waals surface area contributed by atoms with E-state index in [1.54, 1.807) is 4.90 Å². The number of aryl methyl sites for hydroxylation is 1. The van der Waals surface area contributed by atoms with Crippen LogP contribution in [0, 0.1) is 17.0 Å². The van der Waals surface area contributed by atoms with Crippen molar-refractivity contribution in [3.63, 3.8) is 0 Å². The molecule has 1 aliphatic rings. The van der Waals surface area contributed by atoms with Crippen LogP contribution in [-0.2, 0) is 6.54 Å². The molecule has 8 nitrogen and oxygen atoms in total. The standard InChI is InChI=1S/C16H18ClN5O3/c1-11-3-2-4-12(9-11)10-20-5-7-21(8-6-20)16(23)14-13(17)15(19-18-14)22(24)25/h2-4,9H,5-8,10H2,1H3,(H,18,19). The Morgan fingerprint density at radius 2 is 2.08 bits per heavy atom. The maximum atomic E-state index is 12.5. The van der Waals surface area contributed by atoms with E-state index >= 15 is 0 Å². The lowest BCUT2D eigenvalue weighted by Crippen LogP contribution is -2.48. The molecule has 1 aromatic carbocycles. The minimum absolute atomic E-state index is 0.0968. The summed E-state index contributed by atoms with van der Waals surface area (Å²) in [6.07, 6.45) is 0. The molecule has 1 aliphatic heterocycles. The number of piperazine rings is 1. The van der Waals surface area contributed by atoms with Gasteiger partial charge in [-0.2, -0.15) is 0 Å². The van der Waals surface area contributed by atoms with Crippen LogP contribution in [0.25, 0.3) is 0 Å². The van der Waals surface area contributed by atoms with Crippen LogP contribution in [0.15, 0.2) is 24.3 Å². The molecular weight excluding hydrogens is 346 g/mol. The first kappa shape index (κ1) is 17.4. The van der Waals surface area contributed by atoms with Gasteiger partial charge in [-0.3, -0.25) is 9.69 Å². The van der Waals surface area contributed by atoms with Gasteiger partial charge in [0, 0.05) is 32.7 Å². The van der Waals surface area contributed by atoms with Gasteiger partial charge in [0.15, 0.2) is 10.7 Å². The molecule has 9 heteroatoms. The van der Waals surface area contributed by atoms with E-state index in [0.717, 1.165) is 19.6 Å². The molecule has 1 aromatic heterocycles. The number of benzene rings is 1. The van der Waals surface area contributed by atoms with Crippen molar-refractivity contribution in [1.29, 1.82) is 0 Å². The van der Waals surface area contributed by atoms with E-state index in [1.165, 1.54) is 11.1 Å². The Kier molecular flexibility index (Phi) is 5.00. The Hall–Kier alpha value is -2.45. The summed E-state index contributed by atoms with van der Waals surface area (Å²) >= 11 is 5.89. The van der Waals surface area contributed by atoms with Crippen molar-refractivity contribution in [3.8, 4) is 0 Å². The average molecular weight is 364 g/mol. The Balaban J connectivity index is 1.60. The van der Waals surface area contributed by atoms with E-state index in [2.05, 4.69) is 40.2 Å². The zero-order valence-corrected chi connectivity index (χ0v) is 14.5. The third kappa shape index (κ3) is 3.80. The molecule has 2 heterocycles. The third-order valence-electron chi connectivity index (χ3n) is 4.22. The van der Waals surface area contributed by atoms with Crippen LogP contribution in [0.3, 0.4) is 0 Å². The number of carbonyl (C=O) groups is 1. The lowest BCUT2D eigenvalue weighted by Gasteiger charge is -2.34. The Labute approximate surface area is 149 Å². The second-order valence-corrected chi connectivity index (χ2v) is 6.43. The van der Waals surface area contributed by atoms with Gasteiger partial charge in [0.1, 0.15) is 0 Å². The quantitative estimate of drug-likeness (QED) is 0.664. The van der Waals surface area contributed by atoms with Gasteiger partial charge in [-0.25, -0.2) is 0 Å². The fourth-order valence-corrected chi connectivity index (χ4v) is 3.14. The molecule has 2 aromatic rings. The summed E-state index contributed by atoms with van der Waals surface area (Å²) in [5.74, 6) is -0.840. The number of aromatic nitrogens is 2. The van der Waals surface area contributed by atoms with Crippen LogP contribution >= 0.6 is 11.6 Å². The van der Waals surface area contributed by atoms with Crippen LogP contribution in [0.5, 0.6) is 0 Å². The SMILES string of the molecule is Cc1cccc(CN2CCN(C(=O)c3n[nH]c([N+](=O)[O-])c3Cl)CC2)c1. The maximum absolute atomic E-state index is 12.5. The summed E-state index contributed by atoms with van der Waals surface area (Å²) in [5.41, 5.74) is 2.37. The first-order valence-electron chi connectivity index (χ1n) is 7.91. The van der Waals surface area contributed by atoms with Crippen molar-refractivity contribution in [1.82, 2.24) is 20.0 Å². The topological polar surface area (TPSA) is 95.4 Å². The van der Waals surface area contributed by atoms with Gasteiger partial charge in [-0.1, -0.05) is 46.5 Å². The fourth-order valence-electron chi connectivity index (χ4n) is 2.91.